The number of carbonyl (C=O) groups excluding carboxylic acids is 1. The molecule has 1 heterocycles. The van der Waals surface area contributed by atoms with Gasteiger partial charge in [0, 0.05) is 24.8 Å². The molecule has 1 aliphatic heterocycles. The molecule has 1 aliphatic rings. The lowest BCUT2D eigenvalue weighted by atomic mass is 10.0. The molecule has 0 aliphatic carbocycles. The molecule has 3 N–H and O–H groups in total. The number of amides is 2. The number of piperidine rings is 1. The minimum Gasteiger partial charge on any atom is -0.328 e. The maximum Gasteiger partial charge on any atom is 0.416 e. The number of alkyl halides is 3. The smallest absolute Gasteiger partial charge is 0.328 e. The van der Waals surface area contributed by atoms with E-state index in [0.717, 1.165) is 31.4 Å². The first-order valence-corrected chi connectivity index (χ1v) is 6.87. The summed E-state index contributed by atoms with van der Waals surface area (Å²) < 4.78 is 37.4. The zero-order valence-corrected chi connectivity index (χ0v) is 11.5. The Kier molecular flexibility index (Phi) is 4.72. The van der Waals surface area contributed by atoms with Crippen LogP contribution in [0.25, 0.3) is 0 Å². The summed E-state index contributed by atoms with van der Waals surface area (Å²) in [5.74, 6) is 0. The van der Waals surface area contributed by atoms with Crippen LogP contribution in [0.5, 0.6) is 0 Å². The Bertz CT molecular complexity index is 487. The van der Waals surface area contributed by atoms with Gasteiger partial charge in [-0.15, -0.1) is 0 Å². The first kappa shape index (κ1) is 15.6. The highest BCUT2D eigenvalue weighted by Crippen LogP contribution is 2.30. The molecule has 0 radical (unpaired) electrons. The van der Waals surface area contributed by atoms with Gasteiger partial charge in [-0.05, 0) is 43.5 Å². The van der Waals surface area contributed by atoms with Crippen molar-refractivity contribution in [3.05, 3.63) is 29.8 Å². The predicted molar refractivity (Wildman–Crippen MR) is 73.9 cm³/mol. The fraction of sp³-hybridized carbons (Fsp3) is 0.500. The van der Waals surface area contributed by atoms with Crippen molar-refractivity contribution in [3.8, 4) is 0 Å². The lowest BCUT2D eigenvalue weighted by Crippen LogP contribution is -2.49. The Morgan fingerprint density at radius 2 is 1.95 bits per heavy atom. The summed E-state index contributed by atoms with van der Waals surface area (Å²) in [6.45, 7) is 1.01. The molecule has 4 nitrogen and oxygen atoms in total. The highest BCUT2D eigenvalue weighted by molar-refractivity contribution is 5.89. The second kappa shape index (κ2) is 6.34. The van der Waals surface area contributed by atoms with E-state index < -0.39 is 11.7 Å². The average molecular weight is 301 g/mol. The second-order valence-electron chi connectivity index (χ2n) is 5.08. The first-order valence-electron chi connectivity index (χ1n) is 6.87. The summed E-state index contributed by atoms with van der Waals surface area (Å²) >= 11 is 0. The van der Waals surface area contributed by atoms with Crippen molar-refractivity contribution < 1.29 is 18.0 Å². The molecule has 0 saturated carbocycles. The maximum atomic E-state index is 12.5. The van der Waals surface area contributed by atoms with E-state index in [9.17, 15) is 18.0 Å². The fourth-order valence-electron chi connectivity index (χ4n) is 2.45. The Balaban J connectivity index is 2.02. The van der Waals surface area contributed by atoms with Crippen LogP contribution in [-0.4, -0.2) is 30.1 Å². The van der Waals surface area contributed by atoms with E-state index in [1.807, 2.05) is 0 Å². The lowest BCUT2D eigenvalue weighted by molar-refractivity contribution is -0.137. The standard InChI is InChI=1S/C14H18F3N3O/c15-14(16,17)10-4-6-11(7-5-10)19-13(21)20-8-2-1-3-12(20)9-18/h4-7,12H,1-3,8-9,18H2,(H,19,21). The molecular weight excluding hydrogens is 283 g/mol. The molecule has 2 amide bonds. The van der Waals surface area contributed by atoms with Crippen LogP contribution in [-0.2, 0) is 6.18 Å². The molecule has 1 aromatic carbocycles. The highest BCUT2D eigenvalue weighted by atomic mass is 19.4. The van der Waals surface area contributed by atoms with Gasteiger partial charge in [0.2, 0.25) is 0 Å². The summed E-state index contributed by atoms with van der Waals surface area (Å²) in [6.07, 6.45) is -1.57. The Morgan fingerprint density at radius 1 is 1.29 bits per heavy atom. The van der Waals surface area contributed by atoms with Crippen molar-refractivity contribution >= 4 is 11.7 Å². The van der Waals surface area contributed by atoms with Gasteiger partial charge < -0.3 is 16.0 Å². The number of nitrogens with two attached hydrogens (primary N) is 1. The molecule has 21 heavy (non-hydrogen) atoms. The summed E-state index contributed by atoms with van der Waals surface area (Å²) in [5.41, 5.74) is 5.25. The quantitative estimate of drug-likeness (QED) is 0.882. The third-order valence-corrected chi connectivity index (χ3v) is 3.62. The predicted octanol–water partition coefficient (Wildman–Crippen LogP) is 3.05. The SMILES string of the molecule is NCC1CCCCN1C(=O)Nc1ccc(C(F)(F)F)cc1. The minimum atomic E-state index is -4.37. The van der Waals surface area contributed by atoms with Gasteiger partial charge in [0.05, 0.1) is 5.56 Å². The van der Waals surface area contributed by atoms with Crippen molar-refractivity contribution in [1.82, 2.24) is 4.90 Å². The van der Waals surface area contributed by atoms with Crippen LogP contribution in [0.3, 0.4) is 0 Å². The number of anilines is 1. The van der Waals surface area contributed by atoms with E-state index >= 15 is 0 Å². The van der Waals surface area contributed by atoms with Crippen molar-refractivity contribution in [2.24, 2.45) is 5.73 Å². The maximum absolute atomic E-state index is 12.5. The van der Waals surface area contributed by atoms with Crippen LogP contribution >= 0.6 is 0 Å². The monoisotopic (exact) mass is 301 g/mol. The van der Waals surface area contributed by atoms with Gasteiger partial charge in [0.1, 0.15) is 0 Å². The van der Waals surface area contributed by atoms with E-state index in [2.05, 4.69) is 5.32 Å². The number of urea groups is 1. The van der Waals surface area contributed by atoms with E-state index in [-0.39, 0.29) is 12.1 Å². The van der Waals surface area contributed by atoms with Gasteiger partial charge in [0.15, 0.2) is 0 Å². The van der Waals surface area contributed by atoms with Crippen LogP contribution < -0.4 is 11.1 Å². The molecule has 7 heteroatoms. The zero-order chi connectivity index (χ0) is 15.5. The van der Waals surface area contributed by atoms with Crippen molar-refractivity contribution in [2.75, 3.05) is 18.4 Å². The molecule has 116 valence electrons. The number of benzene rings is 1. The largest absolute Gasteiger partial charge is 0.416 e. The van der Waals surface area contributed by atoms with E-state index in [4.69, 9.17) is 5.73 Å². The molecule has 0 aromatic heterocycles. The van der Waals surface area contributed by atoms with Gasteiger partial charge in [0.25, 0.3) is 0 Å². The van der Waals surface area contributed by atoms with Gasteiger partial charge in [-0.3, -0.25) is 0 Å². The molecular formula is C14H18F3N3O. The van der Waals surface area contributed by atoms with Gasteiger partial charge in [-0.1, -0.05) is 0 Å². The molecule has 1 saturated heterocycles. The zero-order valence-electron chi connectivity index (χ0n) is 11.5. The molecule has 2 rings (SSSR count). The molecule has 0 spiro atoms. The summed E-state index contributed by atoms with van der Waals surface area (Å²) in [5, 5.41) is 2.62. The van der Waals surface area contributed by atoms with Gasteiger partial charge in [-0.25, -0.2) is 4.79 Å². The fourth-order valence-corrected chi connectivity index (χ4v) is 2.45. The van der Waals surface area contributed by atoms with Crippen LogP contribution in [0.4, 0.5) is 23.7 Å². The summed E-state index contributed by atoms with van der Waals surface area (Å²) in [7, 11) is 0. The van der Waals surface area contributed by atoms with E-state index in [1.165, 1.54) is 12.1 Å². The minimum absolute atomic E-state index is 0.00630. The van der Waals surface area contributed by atoms with Gasteiger partial charge >= 0.3 is 12.2 Å². The van der Waals surface area contributed by atoms with Crippen LogP contribution in [0, 0.1) is 0 Å². The number of halogens is 3. The van der Waals surface area contributed by atoms with Crippen LogP contribution in [0.1, 0.15) is 24.8 Å². The molecule has 1 atom stereocenters. The first-order chi connectivity index (χ1) is 9.91. The van der Waals surface area contributed by atoms with Crippen LogP contribution in [0.2, 0.25) is 0 Å². The third kappa shape index (κ3) is 3.87. The van der Waals surface area contributed by atoms with Crippen molar-refractivity contribution in [3.63, 3.8) is 0 Å². The number of hydrogen-bond donors (Lipinski definition) is 2. The van der Waals surface area contributed by atoms with Gasteiger partial charge in [-0.2, -0.15) is 13.2 Å². The molecule has 0 bridgehead atoms. The Hall–Kier alpha value is -1.76. The van der Waals surface area contributed by atoms with Crippen molar-refractivity contribution in [1.29, 1.82) is 0 Å². The van der Waals surface area contributed by atoms with Crippen LogP contribution in [0.15, 0.2) is 24.3 Å². The van der Waals surface area contributed by atoms with Crippen molar-refractivity contribution in [2.45, 2.75) is 31.5 Å². The number of nitrogens with one attached hydrogen (secondary N) is 1. The molecule has 1 unspecified atom stereocenters. The second-order valence-corrected chi connectivity index (χ2v) is 5.08. The van der Waals surface area contributed by atoms with E-state index in [0.29, 0.717) is 18.8 Å². The van der Waals surface area contributed by atoms with E-state index in [1.54, 1.807) is 4.90 Å². The molecule has 1 fully saturated rings. The number of nitrogens with zero attached hydrogens (tertiary/aromatic N) is 1. The highest BCUT2D eigenvalue weighted by Gasteiger charge is 2.30. The molecule has 1 aromatic rings. The Morgan fingerprint density at radius 3 is 2.52 bits per heavy atom. The number of carbonyl (C=O) groups is 1. The number of hydrogen-bond acceptors (Lipinski definition) is 2. The average Bonchev–Trinajstić information content (AvgIpc) is 2.46. The Labute approximate surface area is 121 Å². The summed E-state index contributed by atoms with van der Waals surface area (Å²) in [4.78, 5) is 13.8. The third-order valence-electron chi connectivity index (χ3n) is 3.62. The summed E-state index contributed by atoms with van der Waals surface area (Å²) in [6, 6.07) is 4.08. The number of rotatable bonds is 2. The lowest BCUT2D eigenvalue weighted by Gasteiger charge is -2.34. The normalized spacial score (nSPS) is 19.4. The topological polar surface area (TPSA) is 58.4 Å². The number of likely N-dealkylation sites (tertiary alicyclic amines) is 1.